The minimum atomic E-state index is -0.874. The SMILES string of the molecule is COCCN1C(=O)C(=O)/C(=C(/O)c2cccc([N+](=O)[O-])c2)C1c1c(C)[nH]c2ccccc12. The van der Waals surface area contributed by atoms with Crippen molar-refractivity contribution in [2.75, 3.05) is 20.3 Å². The number of ketones is 1. The van der Waals surface area contributed by atoms with E-state index in [1.807, 2.05) is 31.2 Å². The van der Waals surface area contributed by atoms with Crippen LogP contribution in [0.4, 0.5) is 5.69 Å². The Labute approximate surface area is 183 Å². The summed E-state index contributed by atoms with van der Waals surface area (Å²) in [5.41, 5.74) is 1.99. The number of methoxy groups -OCH3 is 1. The number of hydrogen-bond donors (Lipinski definition) is 2. The van der Waals surface area contributed by atoms with E-state index < -0.39 is 28.4 Å². The second-order valence-corrected chi connectivity index (χ2v) is 7.50. The summed E-state index contributed by atoms with van der Waals surface area (Å²) in [6, 6.07) is 11.9. The van der Waals surface area contributed by atoms with Gasteiger partial charge in [-0.3, -0.25) is 19.7 Å². The summed E-state index contributed by atoms with van der Waals surface area (Å²) in [5, 5.41) is 23.1. The lowest BCUT2D eigenvalue weighted by Crippen LogP contribution is -2.32. The molecule has 1 unspecified atom stereocenters. The monoisotopic (exact) mass is 435 g/mol. The van der Waals surface area contributed by atoms with Gasteiger partial charge in [0.1, 0.15) is 5.76 Å². The number of aromatic nitrogens is 1. The third-order valence-electron chi connectivity index (χ3n) is 5.62. The molecule has 1 aliphatic heterocycles. The molecule has 1 saturated heterocycles. The van der Waals surface area contributed by atoms with Crippen molar-refractivity contribution in [3.63, 3.8) is 0 Å². The predicted octanol–water partition coefficient (Wildman–Crippen LogP) is 3.45. The highest BCUT2D eigenvalue weighted by atomic mass is 16.6. The molecule has 0 aliphatic carbocycles. The number of aliphatic hydroxyl groups is 1. The van der Waals surface area contributed by atoms with Gasteiger partial charge in [0.15, 0.2) is 0 Å². The number of nitrogens with one attached hydrogen (secondary N) is 1. The van der Waals surface area contributed by atoms with Crippen LogP contribution in [-0.4, -0.2) is 51.9 Å². The zero-order valence-corrected chi connectivity index (χ0v) is 17.5. The average molecular weight is 435 g/mol. The third-order valence-corrected chi connectivity index (χ3v) is 5.62. The number of amides is 1. The van der Waals surface area contributed by atoms with E-state index in [1.54, 1.807) is 0 Å². The summed E-state index contributed by atoms with van der Waals surface area (Å²) in [5.74, 6) is -2.06. The Kier molecular flexibility index (Phi) is 5.50. The molecule has 32 heavy (non-hydrogen) atoms. The standard InChI is InChI=1S/C23H21N3O6/c1-13-18(16-8-3-4-9-17(16)24-13)20-19(22(28)23(29)25(20)10-11-32-2)21(27)14-6-5-7-15(12-14)26(30)31/h3-9,12,20,24,27H,10-11H2,1-2H3/b21-19+. The molecule has 9 heteroatoms. The molecule has 1 atom stereocenters. The number of carbonyl (C=O) groups is 2. The zero-order chi connectivity index (χ0) is 23.0. The summed E-state index contributed by atoms with van der Waals surface area (Å²) in [6.07, 6.45) is 0. The molecule has 9 nitrogen and oxygen atoms in total. The molecule has 0 saturated carbocycles. The summed E-state index contributed by atoms with van der Waals surface area (Å²) in [7, 11) is 1.49. The fraction of sp³-hybridized carbons (Fsp3) is 0.217. The van der Waals surface area contributed by atoms with E-state index in [9.17, 15) is 24.8 Å². The highest BCUT2D eigenvalue weighted by Gasteiger charge is 2.47. The van der Waals surface area contributed by atoms with E-state index in [-0.39, 0.29) is 30.0 Å². The number of nitrogens with zero attached hydrogens (tertiary/aromatic N) is 2. The lowest BCUT2D eigenvalue weighted by Gasteiger charge is -2.25. The molecule has 0 spiro atoms. The number of H-pyrrole nitrogens is 1. The Bertz CT molecular complexity index is 1280. The molecule has 3 aromatic rings. The van der Waals surface area contributed by atoms with E-state index in [1.165, 1.54) is 36.3 Å². The van der Waals surface area contributed by atoms with Crippen LogP contribution in [0.3, 0.4) is 0 Å². The van der Waals surface area contributed by atoms with Crippen molar-refractivity contribution in [1.29, 1.82) is 0 Å². The first-order valence-corrected chi connectivity index (χ1v) is 9.94. The molecule has 1 amide bonds. The van der Waals surface area contributed by atoms with Gasteiger partial charge in [0.25, 0.3) is 17.4 Å². The van der Waals surface area contributed by atoms with Gasteiger partial charge < -0.3 is 19.7 Å². The Hall–Kier alpha value is -3.98. The van der Waals surface area contributed by atoms with Crippen molar-refractivity contribution in [3.8, 4) is 0 Å². The molecule has 2 aromatic carbocycles. The third kappa shape index (κ3) is 3.42. The number of ether oxygens (including phenoxy) is 1. The van der Waals surface area contributed by atoms with Crippen LogP contribution in [0.5, 0.6) is 0 Å². The number of carbonyl (C=O) groups excluding carboxylic acids is 2. The number of benzene rings is 2. The first-order valence-electron chi connectivity index (χ1n) is 9.94. The number of fused-ring (bicyclic) bond motifs is 1. The lowest BCUT2D eigenvalue weighted by atomic mass is 9.93. The van der Waals surface area contributed by atoms with E-state index in [0.717, 1.165) is 16.6 Å². The van der Waals surface area contributed by atoms with Crippen LogP contribution in [0.25, 0.3) is 16.7 Å². The highest BCUT2D eigenvalue weighted by molar-refractivity contribution is 6.46. The van der Waals surface area contributed by atoms with Gasteiger partial charge in [-0.1, -0.05) is 30.3 Å². The molecule has 164 valence electrons. The van der Waals surface area contributed by atoms with Crippen molar-refractivity contribution in [2.24, 2.45) is 0 Å². The molecule has 4 rings (SSSR count). The van der Waals surface area contributed by atoms with Gasteiger partial charge in [-0.2, -0.15) is 0 Å². The van der Waals surface area contributed by atoms with E-state index in [2.05, 4.69) is 4.98 Å². The lowest BCUT2D eigenvalue weighted by molar-refractivity contribution is -0.384. The van der Waals surface area contributed by atoms with Crippen molar-refractivity contribution < 1.29 is 24.4 Å². The highest BCUT2D eigenvalue weighted by Crippen LogP contribution is 2.43. The molecule has 2 N–H and O–H groups in total. The summed E-state index contributed by atoms with van der Waals surface area (Å²) >= 11 is 0. The van der Waals surface area contributed by atoms with Gasteiger partial charge in [0.05, 0.1) is 23.1 Å². The zero-order valence-electron chi connectivity index (χ0n) is 17.5. The first kappa shape index (κ1) is 21.3. The summed E-state index contributed by atoms with van der Waals surface area (Å²) in [6.45, 7) is 2.16. The quantitative estimate of drug-likeness (QED) is 0.201. The molecule has 0 bridgehead atoms. The van der Waals surface area contributed by atoms with Gasteiger partial charge in [-0.15, -0.1) is 0 Å². The van der Waals surface area contributed by atoms with Crippen LogP contribution in [0, 0.1) is 17.0 Å². The van der Waals surface area contributed by atoms with Crippen LogP contribution >= 0.6 is 0 Å². The topological polar surface area (TPSA) is 126 Å². The maximum absolute atomic E-state index is 13.1. The van der Waals surface area contributed by atoms with Gasteiger partial charge in [-0.25, -0.2) is 0 Å². The molecular formula is C23H21N3O6. The van der Waals surface area contributed by atoms with E-state index in [0.29, 0.717) is 5.56 Å². The van der Waals surface area contributed by atoms with Crippen LogP contribution in [0.2, 0.25) is 0 Å². The molecule has 1 fully saturated rings. The summed E-state index contributed by atoms with van der Waals surface area (Å²) < 4.78 is 5.13. The maximum Gasteiger partial charge on any atom is 0.295 e. The van der Waals surface area contributed by atoms with Crippen molar-refractivity contribution in [1.82, 2.24) is 9.88 Å². The van der Waals surface area contributed by atoms with Gasteiger partial charge in [0, 0.05) is 53.5 Å². The minimum Gasteiger partial charge on any atom is -0.507 e. The Morgan fingerprint density at radius 2 is 1.97 bits per heavy atom. The Morgan fingerprint density at radius 3 is 2.69 bits per heavy atom. The number of para-hydroxylation sites is 1. The van der Waals surface area contributed by atoms with Crippen molar-refractivity contribution >= 4 is 34.0 Å². The number of non-ortho nitro benzene ring substituents is 1. The number of aliphatic hydroxyl groups excluding tert-OH is 1. The fourth-order valence-electron chi connectivity index (χ4n) is 4.17. The maximum atomic E-state index is 13.1. The summed E-state index contributed by atoms with van der Waals surface area (Å²) in [4.78, 5) is 41.2. The smallest absolute Gasteiger partial charge is 0.295 e. The van der Waals surface area contributed by atoms with Gasteiger partial charge in [-0.05, 0) is 13.0 Å². The minimum absolute atomic E-state index is 0.0893. The molecule has 1 aromatic heterocycles. The van der Waals surface area contributed by atoms with Crippen molar-refractivity contribution in [2.45, 2.75) is 13.0 Å². The average Bonchev–Trinajstić information content (AvgIpc) is 3.24. The fourth-order valence-corrected chi connectivity index (χ4v) is 4.17. The molecule has 2 heterocycles. The second kappa shape index (κ2) is 8.27. The molecular weight excluding hydrogens is 414 g/mol. The number of rotatable bonds is 6. The van der Waals surface area contributed by atoms with E-state index in [4.69, 9.17) is 4.74 Å². The van der Waals surface area contributed by atoms with Gasteiger partial charge in [0.2, 0.25) is 0 Å². The normalized spacial score (nSPS) is 17.9. The number of likely N-dealkylation sites (tertiary alicyclic amines) is 1. The molecule has 0 radical (unpaired) electrons. The van der Waals surface area contributed by atoms with Crippen LogP contribution in [-0.2, 0) is 14.3 Å². The Morgan fingerprint density at radius 1 is 1.22 bits per heavy atom. The number of hydrogen-bond acceptors (Lipinski definition) is 6. The van der Waals surface area contributed by atoms with Crippen LogP contribution in [0.1, 0.15) is 22.9 Å². The van der Waals surface area contributed by atoms with Crippen LogP contribution in [0.15, 0.2) is 54.1 Å². The largest absolute Gasteiger partial charge is 0.507 e. The second-order valence-electron chi connectivity index (χ2n) is 7.50. The van der Waals surface area contributed by atoms with Crippen molar-refractivity contribution in [3.05, 3.63) is 81.0 Å². The number of aryl methyl sites for hydroxylation is 1. The molecule has 1 aliphatic rings. The number of aromatic amines is 1. The predicted molar refractivity (Wildman–Crippen MR) is 117 cm³/mol. The van der Waals surface area contributed by atoms with Gasteiger partial charge >= 0.3 is 0 Å². The van der Waals surface area contributed by atoms with E-state index >= 15 is 0 Å². The number of nitro benzene ring substituents is 1. The Balaban J connectivity index is 1.97. The number of Topliss-reactive ketones (excluding diaryl/α,β-unsaturated/α-hetero) is 1. The van der Waals surface area contributed by atoms with Crippen LogP contribution < -0.4 is 0 Å². The number of nitro groups is 1. The first-order chi connectivity index (χ1) is 15.3.